The molecule has 0 aliphatic heterocycles. The Morgan fingerprint density at radius 3 is 2.37 bits per heavy atom. The largest absolute Gasteiger partial charge is 0.323 e. The number of halogens is 2. The molecule has 1 heterocycles. The predicted molar refractivity (Wildman–Crippen MR) is 114 cm³/mol. The molecule has 3 rings (SSSR count). The van der Waals surface area contributed by atoms with E-state index in [1.807, 2.05) is 30.5 Å². The zero-order valence-electron chi connectivity index (χ0n) is 17.1. The summed E-state index contributed by atoms with van der Waals surface area (Å²) in [5.74, 6) is -0.544. The summed E-state index contributed by atoms with van der Waals surface area (Å²) < 4.78 is 29.1. The summed E-state index contributed by atoms with van der Waals surface area (Å²) in [6.07, 6.45) is 0. The average Bonchev–Trinajstić information content (AvgIpc) is 3.12. The lowest BCUT2D eigenvalue weighted by molar-refractivity contribution is -0.115. The van der Waals surface area contributed by atoms with Crippen LogP contribution >= 0.6 is 11.8 Å². The molecule has 0 radical (unpaired) electrons. The molecule has 2 unspecified atom stereocenters. The molecule has 0 spiro atoms. The minimum Gasteiger partial charge on any atom is -0.323 e. The average molecular weight is 432 g/mol. The minimum absolute atomic E-state index is 0.0700. The second kappa shape index (κ2) is 9.36. The van der Waals surface area contributed by atoms with Gasteiger partial charge in [0, 0.05) is 5.69 Å². The van der Waals surface area contributed by atoms with Gasteiger partial charge in [-0.05, 0) is 64.3 Å². The van der Waals surface area contributed by atoms with Crippen molar-refractivity contribution in [3.05, 3.63) is 66.0 Å². The zero-order valence-corrected chi connectivity index (χ0v) is 18.0. The molecule has 0 saturated carbocycles. The molecule has 2 aromatic carbocycles. The Bertz CT molecular complexity index is 1020. The SMILES string of the molecule is CC(Sc1nnc(C(C)N(C)C)n1-c1ccc(F)cc1)C(=O)Nc1ccccc1F. The third kappa shape index (κ3) is 4.85. The topological polar surface area (TPSA) is 63.1 Å². The summed E-state index contributed by atoms with van der Waals surface area (Å²) in [4.78, 5) is 14.6. The molecule has 0 fully saturated rings. The van der Waals surface area contributed by atoms with Crippen molar-refractivity contribution in [2.24, 2.45) is 0 Å². The van der Waals surface area contributed by atoms with Gasteiger partial charge in [-0.15, -0.1) is 10.2 Å². The highest BCUT2D eigenvalue weighted by molar-refractivity contribution is 8.00. The fraction of sp³-hybridized carbons (Fsp3) is 0.286. The quantitative estimate of drug-likeness (QED) is 0.566. The smallest absolute Gasteiger partial charge is 0.237 e. The van der Waals surface area contributed by atoms with Crippen molar-refractivity contribution in [3.8, 4) is 5.69 Å². The summed E-state index contributed by atoms with van der Waals surface area (Å²) in [7, 11) is 3.84. The van der Waals surface area contributed by atoms with Gasteiger partial charge in [-0.25, -0.2) is 8.78 Å². The van der Waals surface area contributed by atoms with Crippen molar-refractivity contribution in [1.29, 1.82) is 0 Å². The summed E-state index contributed by atoms with van der Waals surface area (Å²) >= 11 is 1.19. The number of nitrogens with one attached hydrogen (secondary N) is 1. The highest BCUT2D eigenvalue weighted by atomic mass is 32.2. The number of amides is 1. The number of hydrogen-bond acceptors (Lipinski definition) is 5. The van der Waals surface area contributed by atoms with E-state index in [0.717, 1.165) is 0 Å². The number of thioether (sulfide) groups is 1. The van der Waals surface area contributed by atoms with Gasteiger partial charge in [-0.3, -0.25) is 14.3 Å². The van der Waals surface area contributed by atoms with Crippen LogP contribution in [0.5, 0.6) is 0 Å². The van der Waals surface area contributed by atoms with Gasteiger partial charge in [0.25, 0.3) is 0 Å². The van der Waals surface area contributed by atoms with Gasteiger partial charge in [-0.2, -0.15) is 0 Å². The van der Waals surface area contributed by atoms with Crippen LogP contribution in [0.15, 0.2) is 53.7 Å². The second-order valence-corrected chi connectivity index (χ2v) is 8.33. The van der Waals surface area contributed by atoms with E-state index in [4.69, 9.17) is 0 Å². The van der Waals surface area contributed by atoms with E-state index in [-0.39, 0.29) is 23.5 Å². The maximum Gasteiger partial charge on any atom is 0.237 e. The van der Waals surface area contributed by atoms with Gasteiger partial charge in [-0.1, -0.05) is 23.9 Å². The van der Waals surface area contributed by atoms with Crippen molar-refractivity contribution < 1.29 is 13.6 Å². The Morgan fingerprint density at radius 2 is 1.73 bits per heavy atom. The molecular formula is C21H23F2N5OS. The lowest BCUT2D eigenvalue weighted by Gasteiger charge is -2.21. The first-order valence-electron chi connectivity index (χ1n) is 9.37. The number of hydrogen-bond donors (Lipinski definition) is 1. The van der Waals surface area contributed by atoms with E-state index in [1.54, 1.807) is 31.2 Å². The number of nitrogens with zero attached hydrogens (tertiary/aromatic N) is 4. The number of anilines is 1. The van der Waals surface area contributed by atoms with Crippen molar-refractivity contribution >= 4 is 23.4 Å². The van der Waals surface area contributed by atoms with Crippen molar-refractivity contribution in [3.63, 3.8) is 0 Å². The fourth-order valence-electron chi connectivity index (χ4n) is 2.70. The van der Waals surface area contributed by atoms with Crippen LogP contribution in [-0.2, 0) is 4.79 Å². The number of para-hydroxylation sites is 1. The number of aromatic nitrogens is 3. The zero-order chi connectivity index (χ0) is 21.8. The number of rotatable bonds is 7. The molecule has 1 amide bonds. The minimum atomic E-state index is -0.574. The lowest BCUT2D eigenvalue weighted by Crippen LogP contribution is -2.24. The Kier molecular flexibility index (Phi) is 6.84. The summed E-state index contributed by atoms with van der Waals surface area (Å²) in [6, 6.07) is 11.9. The van der Waals surface area contributed by atoms with Crippen LogP contribution in [0.25, 0.3) is 5.69 Å². The molecule has 9 heteroatoms. The van der Waals surface area contributed by atoms with Crippen LogP contribution in [0.3, 0.4) is 0 Å². The summed E-state index contributed by atoms with van der Waals surface area (Å²) in [5.41, 5.74) is 0.811. The first-order chi connectivity index (χ1) is 14.3. The van der Waals surface area contributed by atoms with Crippen molar-refractivity contribution in [1.82, 2.24) is 19.7 Å². The van der Waals surface area contributed by atoms with Gasteiger partial charge in [0.15, 0.2) is 11.0 Å². The molecule has 0 aliphatic rings. The van der Waals surface area contributed by atoms with Crippen LogP contribution in [-0.4, -0.2) is 44.9 Å². The molecule has 2 atom stereocenters. The molecule has 0 bridgehead atoms. The van der Waals surface area contributed by atoms with Crippen LogP contribution in [0.2, 0.25) is 0 Å². The first-order valence-corrected chi connectivity index (χ1v) is 10.3. The molecule has 1 N–H and O–H groups in total. The number of carbonyl (C=O) groups excluding carboxylic acids is 1. The highest BCUT2D eigenvalue weighted by Gasteiger charge is 2.24. The maximum absolute atomic E-state index is 13.8. The summed E-state index contributed by atoms with van der Waals surface area (Å²) in [5, 5.41) is 11.1. The molecule has 3 aromatic rings. The molecule has 0 aliphatic carbocycles. The van der Waals surface area contributed by atoms with Gasteiger partial charge < -0.3 is 5.32 Å². The molecule has 6 nitrogen and oxygen atoms in total. The fourth-order valence-corrected chi connectivity index (χ4v) is 3.57. The van der Waals surface area contributed by atoms with E-state index >= 15 is 0 Å². The Hall–Kier alpha value is -2.78. The molecule has 30 heavy (non-hydrogen) atoms. The Morgan fingerprint density at radius 1 is 1.07 bits per heavy atom. The van der Waals surface area contributed by atoms with E-state index < -0.39 is 11.1 Å². The normalized spacial score (nSPS) is 13.3. The number of carbonyl (C=O) groups is 1. The third-order valence-corrected chi connectivity index (χ3v) is 5.72. The van der Waals surface area contributed by atoms with Crippen LogP contribution < -0.4 is 5.32 Å². The molecule has 1 aromatic heterocycles. The predicted octanol–water partition coefficient (Wildman–Crippen LogP) is 4.29. The van der Waals surface area contributed by atoms with Crippen molar-refractivity contribution in [2.45, 2.75) is 30.3 Å². The molecule has 0 saturated heterocycles. The standard InChI is InChI=1S/C21H23F2N5OS/c1-13(27(3)4)19-25-26-21(28(19)16-11-9-15(22)10-12-16)30-14(2)20(29)24-18-8-6-5-7-17(18)23/h5-14H,1-4H3,(H,24,29). The van der Waals surface area contributed by atoms with E-state index in [2.05, 4.69) is 15.5 Å². The summed E-state index contributed by atoms with van der Waals surface area (Å²) in [6.45, 7) is 3.69. The van der Waals surface area contributed by atoms with E-state index in [9.17, 15) is 13.6 Å². The maximum atomic E-state index is 13.8. The molecule has 158 valence electrons. The lowest BCUT2D eigenvalue weighted by atomic mass is 10.2. The second-order valence-electron chi connectivity index (χ2n) is 7.02. The van der Waals surface area contributed by atoms with Crippen LogP contribution in [0.4, 0.5) is 14.5 Å². The first kappa shape index (κ1) is 21.9. The Balaban J connectivity index is 1.88. The van der Waals surface area contributed by atoms with Gasteiger partial charge >= 0.3 is 0 Å². The molecular weight excluding hydrogens is 408 g/mol. The monoisotopic (exact) mass is 431 g/mol. The Labute approximate surface area is 178 Å². The highest BCUT2D eigenvalue weighted by Crippen LogP contribution is 2.30. The third-order valence-electron chi connectivity index (χ3n) is 4.67. The van der Waals surface area contributed by atoms with E-state index in [1.165, 1.54) is 36.0 Å². The van der Waals surface area contributed by atoms with Gasteiger partial charge in [0.1, 0.15) is 11.6 Å². The van der Waals surface area contributed by atoms with E-state index in [0.29, 0.717) is 16.7 Å². The van der Waals surface area contributed by atoms with Gasteiger partial charge in [0.05, 0.1) is 17.0 Å². The van der Waals surface area contributed by atoms with Gasteiger partial charge in [0.2, 0.25) is 5.91 Å². The van der Waals surface area contributed by atoms with Crippen LogP contribution in [0, 0.1) is 11.6 Å². The van der Waals surface area contributed by atoms with Crippen LogP contribution in [0.1, 0.15) is 25.7 Å². The van der Waals surface area contributed by atoms with Crippen molar-refractivity contribution in [2.75, 3.05) is 19.4 Å². The number of benzene rings is 2.